The number of piperidine rings is 1. The van der Waals surface area contributed by atoms with Gasteiger partial charge in [0.15, 0.2) is 0 Å². The van der Waals surface area contributed by atoms with Crippen LogP contribution >= 0.6 is 23.2 Å². The van der Waals surface area contributed by atoms with Crippen LogP contribution in [0.3, 0.4) is 0 Å². The standard InChI is InChI=1S/C15H20Cl2N2O2/c1-18(10-15(20)21)13-4-6-19(7-5-13)9-11-8-12(16)2-3-14(11)17/h2-3,8,13H,4-7,9-10H2,1H3,(H,20,21). The molecule has 0 atom stereocenters. The molecular weight excluding hydrogens is 311 g/mol. The van der Waals surface area contributed by atoms with E-state index in [1.807, 2.05) is 24.1 Å². The molecule has 6 heteroatoms. The highest BCUT2D eigenvalue weighted by atomic mass is 35.5. The third kappa shape index (κ3) is 4.85. The third-order valence-electron chi connectivity index (χ3n) is 3.97. The number of nitrogens with zero attached hydrogens (tertiary/aromatic N) is 2. The highest BCUT2D eigenvalue weighted by Gasteiger charge is 2.23. The summed E-state index contributed by atoms with van der Waals surface area (Å²) in [4.78, 5) is 15.0. The number of likely N-dealkylation sites (N-methyl/N-ethyl adjacent to an activating group) is 1. The lowest BCUT2D eigenvalue weighted by molar-refractivity contribution is -0.138. The Bertz CT molecular complexity index is 502. The van der Waals surface area contributed by atoms with Crippen molar-refractivity contribution in [2.24, 2.45) is 0 Å². The molecule has 1 aromatic carbocycles. The van der Waals surface area contributed by atoms with Gasteiger partial charge in [-0.15, -0.1) is 0 Å². The highest BCUT2D eigenvalue weighted by Crippen LogP contribution is 2.24. The van der Waals surface area contributed by atoms with Crippen molar-refractivity contribution in [3.63, 3.8) is 0 Å². The van der Waals surface area contributed by atoms with Crippen LogP contribution in [0.25, 0.3) is 0 Å². The Labute approximate surface area is 135 Å². The summed E-state index contributed by atoms with van der Waals surface area (Å²) in [6, 6.07) is 5.87. The lowest BCUT2D eigenvalue weighted by Crippen LogP contribution is -2.44. The number of aliphatic carboxylic acids is 1. The largest absolute Gasteiger partial charge is 0.480 e. The molecule has 0 aromatic heterocycles. The number of halogens is 2. The monoisotopic (exact) mass is 330 g/mol. The second-order valence-corrected chi connectivity index (χ2v) is 6.40. The van der Waals surface area contributed by atoms with E-state index in [1.54, 1.807) is 6.07 Å². The van der Waals surface area contributed by atoms with Crippen molar-refractivity contribution in [2.45, 2.75) is 25.4 Å². The first-order valence-electron chi connectivity index (χ1n) is 7.04. The fraction of sp³-hybridized carbons (Fsp3) is 0.533. The third-order valence-corrected chi connectivity index (χ3v) is 4.57. The summed E-state index contributed by atoms with van der Waals surface area (Å²) >= 11 is 12.2. The van der Waals surface area contributed by atoms with E-state index in [1.165, 1.54) is 0 Å². The molecule has 116 valence electrons. The molecule has 1 aromatic rings. The van der Waals surface area contributed by atoms with Gasteiger partial charge in [0.05, 0.1) is 6.54 Å². The second-order valence-electron chi connectivity index (χ2n) is 5.55. The molecule has 0 bridgehead atoms. The average Bonchev–Trinajstić information content (AvgIpc) is 2.43. The van der Waals surface area contributed by atoms with E-state index in [2.05, 4.69) is 4.90 Å². The Morgan fingerprint density at radius 1 is 1.38 bits per heavy atom. The van der Waals surface area contributed by atoms with Gasteiger partial charge < -0.3 is 5.11 Å². The Kier molecular flexibility index (Phi) is 5.88. The number of benzene rings is 1. The van der Waals surface area contributed by atoms with Crippen LogP contribution in [0.15, 0.2) is 18.2 Å². The van der Waals surface area contributed by atoms with Crippen LogP contribution in [0.4, 0.5) is 0 Å². The summed E-state index contributed by atoms with van der Waals surface area (Å²) in [5.41, 5.74) is 1.04. The summed E-state index contributed by atoms with van der Waals surface area (Å²) < 4.78 is 0. The topological polar surface area (TPSA) is 43.8 Å². The molecule has 4 nitrogen and oxygen atoms in total. The number of hydrogen-bond donors (Lipinski definition) is 1. The zero-order valence-corrected chi connectivity index (χ0v) is 13.6. The normalized spacial score (nSPS) is 17.3. The quantitative estimate of drug-likeness (QED) is 0.901. The van der Waals surface area contributed by atoms with Crippen LogP contribution in [-0.2, 0) is 11.3 Å². The maximum Gasteiger partial charge on any atom is 0.317 e. The first kappa shape index (κ1) is 16.6. The Hall–Kier alpha value is -0.810. The summed E-state index contributed by atoms with van der Waals surface area (Å²) in [6.45, 7) is 2.77. The van der Waals surface area contributed by atoms with Gasteiger partial charge >= 0.3 is 5.97 Å². The van der Waals surface area contributed by atoms with Crippen molar-refractivity contribution in [3.8, 4) is 0 Å². The lowest BCUT2D eigenvalue weighted by atomic mass is 10.0. The van der Waals surface area contributed by atoms with Crippen LogP contribution in [-0.4, -0.2) is 53.6 Å². The van der Waals surface area contributed by atoms with E-state index >= 15 is 0 Å². The summed E-state index contributed by atoms with van der Waals surface area (Å²) in [7, 11) is 1.88. The predicted octanol–water partition coefficient (Wildman–Crippen LogP) is 2.97. The molecule has 1 heterocycles. The Morgan fingerprint density at radius 2 is 2.05 bits per heavy atom. The van der Waals surface area contributed by atoms with Crippen molar-refractivity contribution in [1.82, 2.24) is 9.80 Å². The number of rotatable bonds is 5. The van der Waals surface area contributed by atoms with Gasteiger partial charge in [-0.1, -0.05) is 23.2 Å². The van der Waals surface area contributed by atoms with Crippen LogP contribution in [0.2, 0.25) is 10.0 Å². The zero-order chi connectivity index (χ0) is 15.4. The van der Waals surface area contributed by atoms with Gasteiger partial charge in [0.25, 0.3) is 0 Å². The maximum absolute atomic E-state index is 10.7. The maximum atomic E-state index is 10.7. The minimum absolute atomic E-state index is 0.102. The SMILES string of the molecule is CN(CC(=O)O)C1CCN(Cc2cc(Cl)ccc2Cl)CC1. The molecule has 1 aliphatic rings. The molecule has 1 fully saturated rings. The molecule has 0 amide bonds. The van der Waals surface area contributed by atoms with Crippen LogP contribution in [0.1, 0.15) is 18.4 Å². The van der Waals surface area contributed by atoms with Crippen LogP contribution < -0.4 is 0 Å². The highest BCUT2D eigenvalue weighted by molar-refractivity contribution is 6.33. The lowest BCUT2D eigenvalue weighted by Gasteiger charge is -2.36. The van der Waals surface area contributed by atoms with Crippen molar-refractivity contribution in [1.29, 1.82) is 0 Å². The van der Waals surface area contributed by atoms with E-state index in [-0.39, 0.29) is 6.54 Å². The Morgan fingerprint density at radius 3 is 2.67 bits per heavy atom. The minimum atomic E-state index is -0.773. The van der Waals surface area contributed by atoms with Crippen LogP contribution in [0, 0.1) is 0 Å². The summed E-state index contributed by atoms with van der Waals surface area (Å²) in [5.74, 6) is -0.773. The fourth-order valence-electron chi connectivity index (χ4n) is 2.77. The van der Waals surface area contributed by atoms with Gasteiger partial charge in [-0.2, -0.15) is 0 Å². The molecule has 0 saturated carbocycles. The van der Waals surface area contributed by atoms with Gasteiger partial charge in [-0.3, -0.25) is 14.6 Å². The van der Waals surface area contributed by atoms with E-state index in [0.29, 0.717) is 11.1 Å². The van der Waals surface area contributed by atoms with Crippen LogP contribution in [0.5, 0.6) is 0 Å². The van der Waals surface area contributed by atoms with Crippen molar-refractivity contribution in [2.75, 3.05) is 26.7 Å². The summed E-state index contributed by atoms with van der Waals surface area (Å²) in [6.07, 6.45) is 1.95. The number of hydrogen-bond acceptors (Lipinski definition) is 3. The predicted molar refractivity (Wildman–Crippen MR) is 85.0 cm³/mol. The average molecular weight is 331 g/mol. The second kappa shape index (κ2) is 7.45. The Balaban J connectivity index is 1.86. The molecular formula is C15H20Cl2N2O2. The molecule has 0 unspecified atom stereocenters. The van der Waals surface area contributed by atoms with Crippen molar-refractivity contribution >= 4 is 29.2 Å². The number of carboxylic acid groups (broad SMARTS) is 1. The molecule has 1 aliphatic heterocycles. The van der Waals surface area contributed by atoms with Gasteiger partial charge in [0.1, 0.15) is 0 Å². The van der Waals surface area contributed by atoms with Crippen molar-refractivity contribution in [3.05, 3.63) is 33.8 Å². The molecule has 0 radical (unpaired) electrons. The first-order chi connectivity index (χ1) is 9.95. The van der Waals surface area contributed by atoms with E-state index in [9.17, 15) is 4.79 Å². The van der Waals surface area contributed by atoms with Gasteiger partial charge in [-0.25, -0.2) is 0 Å². The number of carboxylic acids is 1. The summed E-state index contributed by atoms with van der Waals surface area (Å²) in [5, 5.41) is 10.3. The fourth-order valence-corrected chi connectivity index (χ4v) is 3.14. The number of likely N-dealkylation sites (tertiary alicyclic amines) is 1. The van der Waals surface area contributed by atoms with Gasteiger partial charge in [0, 0.05) is 22.6 Å². The van der Waals surface area contributed by atoms with E-state index in [0.717, 1.165) is 43.1 Å². The smallest absolute Gasteiger partial charge is 0.317 e. The van der Waals surface area contributed by atoms with Crippen molar-refractivity contribution < 1.29 is 9.90 Å². The zero-order valence-electron chi connectivity index (χ0n) is 12.1. The molecule has 2 rings (SSSR count). The van der Waals surface area contributed by atoms with E-state index in [4.69, 9.17) is 28.3 Å². The van der Waals surface area contributed by atoms with Gasteiger partial charge in [-0.05, 0) is 56.7 Å². The van der Waals surface area contributed by atoms with Gasteiger partial charge in [0.2, 0.25) is 0 Å². The molecule has 0 spiro atoms. The number of carbonyl (C=O) groups is 1. The minimum Gasteiger partial charge on any atom is -0.480 e. The molecule has 21 heavy (non-hydrogen) atoms. The molecule has 1 N–H and O–H groups in total. The first-order valence-corrected chi connectivity index (χ1v) is 7.79. The molecule has 1 saturated heterocycles. The molecule has 0 aliphatic carbocycles. The van der Waals surface area contributed by atoms with E-state index < -0.39 is 5.97 Å².